The van der Waals surface area contributed by atoms with Gasteiger partial charge in [0.2, 0.25) is 0 Å². The van der Waals surface area contributed by atoms with Crippen molar-refractivity contribution in [3.8, 4) is 11.1 Å². The minimum absolute atomic E-state index is 0.220. The minimum atomic E-state index is -0.325. The van der Waals surface area contributed by atoms with Crippen LogP contribution in [-0.4, -0.2) is 32.8 Å². The first kappa shape index (κ1) is 18.2. The van der Waals surface area contributed by atoms with E-state index in [1.165, 1.54) is 35.9 Å². The molecule has 1 aliphatic heterocycles. The molecule has 0 spiro atoms. The summed E-state index contributed by atoms with van der Waals surface area (Å²) >= 11 is 0.220. The van der Waals surface area contributed by atoms with Gasteiger partial charge in [-0.15, -0.1) is 0 Å². The maximum absolute atomic E-state index is 6.38. The summed E-state index contributed by atoms with van der Waals surface area (Å²) in [6, 6.07) is 23.9. The molecule has 0 atom stereocenters. The SMILES string of the molecule is CC1(C)OB(c2cccc3c2[se]c2c(-c4ccccc4)cccc23)OC1(C)C. The predicted octanol–water partition coefficient (Wildman–Crippen LogP) is 5.02. The van der Waals surface area contributed by atoms with Crippen LogP contribution in [0.3, 0.4) is 0 Å². The number of benzene rings is 3. The monoisotopic (exact) mass is 434 g/mol. The van der Waals surface area contributed by atoms with Crippen LogP contribution in [0.2, 0.25) is 0 Å². The Morgan fingerprint density at radius 2 is 1.29 bits per heavy atom. The van der Waals surface area contributed by atoms with E-state index in [0.717, 1.165) is 0 Å². The van der Waals surface area contributed by atoms with Crippen LogP contribution in [-0.2, 0) is 9.31 Å². The quantitative estimate of drug-likeness (QED) is 0.414. The van der Waals surface area contributed by atoms with Crippen molar-refractivity contribution in [2.45, 2.75) is 38.9 Å². The number of hydrogen-bond acceptors (Lipinski definition) is 2. The molecule has 28 heavy (non-hydrogen) atoms. The Hall–Kier alpha value is -1.84. The molecule has 0 N–H and O–H groups in total. The van der Waals surface area contributed by atoms with Crippen molar-refractivity contribution in [2.24, 2.45) is 0 Å². The first-order chi connectivity index (χ1) is 13.4. The molecule has 0 saturated carbocycles. The van der Waals surface area contributed by atoms with E-state index in [0.29, 0.717) is 0 Å². The van der Waals surface area contributed by atoms with E-state index in [4.69, 9.17) is 9.31 Å². The second kappa shape index (κ2) is 6.33. The van der Waals surface area contributed by atoms with Crippen molar-refractivity contribution < 1.29 is 9.31 Å². The Labute approximate surface area is 172 Å². The first-order valence-corrected chi connectivity index (χ1v) is 11.4. The second-order valence-electron chi connectivity index (χ2n) is 8.46. The molecular weight excluding hydrogens is 410 g/mol. The van der Waals surface area contributed by atoms with Gasteiger partial charge in [0.25, 0.3) is 0 Å². The fourth-order valence-corrected chi connectivity index (χ4v) is 6.69. The number of fused-ring (bicyclic) bond motifs is 3. The molecule has 0 radical (unpaired) electrons. The summed E-state index contributed by atoms with van der Waals surface area (Å²) in [5.41, 5.74) is 3.16. The second-order valence-corrected chi connectivity index (χ2v) is 10.6. The van der Waals surface area contributed by atoms with Gasteiger partial charge in [-0.1, -0.05) is 0 Å². The Bertz CT molecular complexity index is 1160. The van der Waals surface area contributed by atoms with Gasteiger partial charge >= 0.3 is 172 Å². The molecule has 1 aliphatic rings. The van der Waals surface area contributed by atoms with Crippen molar-refractivity contribution in [1.29, 1.82) is 0 Å². The van der Waals surface area contributed by atoms with Crippen LogP contribution < -0.4 is 5.46 Å². The van der Waals surface area contributed by atoms with Crippen LogP contribution in [0, 0.1) is 0 Å². The normalized spacial score (nSPS) is 18.2. The van der Waals surface area contributed by atoms with Crippen LogP contribution >= 0.6 is 0 Å². The van der Waals surface area contributed by atoms with Crippen LogP contribution in [0.5, 0.6) is 0 Å². The molecule has 0 aliphatic carbocycles. The molecule has 2 nitrogen and oxygen atoms in total. The molecule has 1 aromatic heterocycles. The van der Waals surface area contributed by atoms with Gasteiger partial charge in [0.05, 0.1) is 0 Å². The Kier molecular flexibility index (Phi) is 4.12. The zero-order chi connectivity index (χ0) is 19.5. The van der Waals surface area contributed by atoms with Gasteiger partial charge in [-0.2, -0.15) is 0 Å². The Morgan fingerprint density at radius 1 is 0.679 bits per heavy atom. The summed E-state index contributed by atoms with van der Waals surface area (Å²) in [5, 5.41) is 2.69. The molecule has 140 valence electrons. The topological polar surface area (TPSA) is 18.5 Å². The standard InChI is InChI=1S/C24H23BO2Se/c1-23(2)24(3,4)27-25(26-23)20-15-9-14-19-18-13-8-12-17(21(18)28-22(19)20)16-10-6-5-7-11-16/h5-15H,1-4H3. The molecule has 3 aromatic carbocycles. The maximum atomic E-state index is 6.38. The molecule has 5 rings (SSSR count). The van der Waals surface area contributed by atoms with E-state index in [9.17, 15) is 0 Å². The summed E-state index contributed by atoms with van der Waals surface area (Å²) in [4.78, 5) is 0. The van der Waals surface area contributed by atoms with Gasteiger partial charge in [0.15, 0.2) is 0 Å². The fraction of sp³-hybridized carbons (Fsp3) is 0.250. The molecule has 2 heterocycles. The molecule has 1 saturated heterocycles. The Morgan fingerprint density at radius 3 is 1.96 bits per heavy atom. The molecule has 1 fully saturated rings. The van der Waals surface area contributed by atoms with Crippen LogP contribution in [0.15, 0.2) is 66.7 Å². The van der Waals surface area contributed by atoms with Crippen LogP contribution in [0.25, 0.3) is 30.4 Å². The van der Waals surface area contributed by atoms with E-state index < -0.39 is 0 Å². The van der Waals surface area contributed by atoms with Gasteiger partial charge in [-0.25, -0.2) is 0 Å². The van der Waals surface area contributed by atoms with Crippen molar-refractivity contribution in [2.75, 3.05) is 0 Å². The molecule has 4 aromatic rings. The zero-order valence-corrected chi connectivity index (χ0v) is 18.4. The molecule has 0 amide bonds. The zero-order valence-electron chi connectivity index (χ0n) is 16.7. The molecule has 4 heteroatoms. The van der Waals surface area contributed by atoms with Crippen LogP contribution in [0.4, 0.5) is 0 Å². The van der Waals surface area contributed by atoms with Crippen molar-refractivity contribution in [3.63, 3.8) is 0 Å². The van der Waals surface area contributed by atoms with E-state index in [-0.39, 0.29) is 32.8 Å². The van der Waals surface area contributed by atoms with Gasteiger partial charge < -0.3 is 0 Å². The van der Waals surface area contributed by atoms with Crippen LogP contribution in [0.1, 0.15) is 27.7 Å². The summed E-state index contributed by atoms with van der Waals surface area (Å²) in [7, 11) is -0.309. The van der Waals surface area contributed by atoms with Gasteiger partial charge in [0, 0.05) is 0 Å². The van der Waals surface area contributed by atoms with Crippen molar-refractivity contribution in [1.82, 2.24) is 0 Å². The van der Waals surface area contributed by atoms with Gasteiger partial charge in [0.1, 0.15) is 0 Å². The van der Waals surface area contributed by atoms with Gasteiger partial charge in [-0.3, -0.25) is 0 Å². The summed E-state index contributed by atoms with van der Waals surface area (Å²) in [6.45, 7) is 8.46. The van der Waals surface area contributed by atoms with Crippen molar-refractivity contribution in [3.05, 3.63) is 66.7 Å². The Balaban J connectivity index is 1.72. The van der Waals surface area contributed by atoms with Gasteiger partial charge in [-0.05, 0) is 0 Å². The van der Waals surface area contributed by atoms with E-state index in [2.05, 4.69) is 94.4 Å². The third kappa shape index (κ3) is 2.71. The average Bonchev–Trinajstić information content (AvgIpc) is 3.16. The molecule has 0 unspecified atom stereocenters. The molecule has 0 bridgehead atoms. The fourth-order valence-electron chi connectivity index (χ4n) is 3.84. The van der Waals surface area contributed by atoms with E-state index >= 15 is 0 Å². The first-order valence-electron chi connectivity index (χ1n) is 9.73. The predicted molar refractivity (Wildman–Crippen MR) is 120 cm³/mol. The van der Waals surface area contributed by atoms with Crippen molar-refractivity contribution >= 4 is 46.4 Å². The summed E-state index contributed by atoms with van der Waals surface area (Å²) in [5.74, 6) is 0. The van der Waals surface area contributed by atoms with E-state index in [1.54, 1.807) is 0 Å². The molecular formula is C24H23BO2Se. The summed E-state index contributed by atoms with van der Waals surface area (Å²) < 4.78 is 15.6. The van der Waals surface area contributed by atoms with E-state index in [1.807, 2.05) is 0 Å². The third-order valence-corrected chi connectivity index (χ3v) is 8.88. The third-order valence-electron chi connectivity index (χ3n) is 6.15. The summed E-state index contributed by atoms with van der Waals surface area (Å²) in [6.07, 6.45) is 0. The average molecular weight is 433 g/mol. The number of hydrogen-bond donors (Lipinski definition) is 0. The number of rotatable bonds is 2.